The highest BCUT2D eigenvalue weighted by Crippen LogP contribution is 2.22. The molecule has 0 bridgehead atoms. The third-order valence-corrected chi connectivity index (χ3v) is 5.13. The standard InChI is InChI=1S/C22H28N4O2/c1-17-6-4-5-7-21(17)23-22(28)16-26(18(2)27)20-10-8-19(9-11-20)25-14-12-24(3)13-15-25/h4-11H,12-16H2,1-3H3,(H,23,28). The molecule has 1 aliphatic heterocycles. The van der Waals surface area contributed by atoms with Gasteiger partial charge in [-0.3, -0.25) is 9.59 Å². The third kappa shape index (κ3) is 4.89. The molecule has 0 saturated carbocycles. The molecule has 2 amide bonds. The lowest BCUT2D eigenvalue weighted by Gasteiger charge is -2.34. The Kier molecular flexibility index (Phi) is 6.31. The van der Waals surface area contributed by atoms with E-state index in [1.54, 1.807) is 0 Å². The highest BCUT2D eigenvalue weighted by molar-refractivity contribution is 6.02. The number of hydrogen-bond donors (Lipinski definition) is 1. The molecule has 2 aromatic rings. The zero-order valence-corrected chi connectivity index (χ0v) is 16.8. The van der Waals surface area contributed by atoms with Crippen molar-refractivity contribution in [3.05, 3.63) is 54.1 Å². The van der Waals surface area contributed by atoms with E-state index in [0.717, 1.165) is 48.8 Å². The number of carbonyl (C=O) groups excluding carboxylic acids is 2. The van der Waals surface area contributed by atoms with Crippen LogP contribution in [0.4, 0.5) is 17.1 Å². The summed E-state index contributed by atoms with van der Waals surface area (Å²) in [6, 6.07) is 15.5. The monoisotopic (exact) mass is 380 g/mol. The molecule has 148 valence electrons. The summed E-state index contributed by atoms with van der Waals surface area (Å²) in [6.45, 7) is 7.47. The molecule has 1 aliphatic rings. The summed E-state index contributed by atoms with van der Waals surface area (Å²) in [5, 5.41) is 2.89. The molecule has 1 N–H and O–H groups in total. The van der Waals surface area contributed by atoms with Crippen LogP contribution in [0.15, 0.2) is 48.5 Å². The third-order valence-electron chi connectivity index (χ3n) is 5.13. The van der Waals surface area contributed by atoms with Crippen LogP contribution in [0, 0.1) is 6.92 Å². The van der Waals surface area contributed by atoms with Crippen molar-refractivity contribution in [2.75, 3.05) is 54.9 Å². The lowest BCUT2D eigenvalue weighted by atomic mass is 10.2. The number of carbonyl (C=O) groups is 2. The Bertz CT molecular complexity index is 827. The van der Waals surface area contributed by atoms with Gasteiger partial charge in [0.1, 0.15) is 6.54 Å². The van der Waals surface area contributed by atoms with Gasteiger partial charge in [0.15, 0.2) is 0 Å². The maximum Gasteiger partial charge on any atom is 0.244 e. The van der Waals surface area contributed by atoms with Gasteiger partial charge in [-0.25, -0.2) is 0 Å². The van der Waals surface area contributed by atoms with Crippen molar-refractivity contribution >= 4 is 28.9 Å². The van der Waals surface area contributed by atoms with E-state index >= 15 is 0 Å². The number of benzene rings is 2. The van der Waals surface area contributed by atoms with Crippen LogP contribution in [0.2, 0.25) is 0 Å². The van der Waals surface area contributed by atoms with Crippen LogP contribution in [0.3, 0.4) is 0 Å². The van der Waals surface area contributed by atoms with Crippen molar-refractivity contribution in [2.24, 2.45) is 0 Å². The molecule has 1 heterocycles. The number of nitrogens with zero attached hydrogens (tertiary/aromatic N) is 3. The predicted octanol–water partition coefficient (Wildman–Crippen LogP) is 2.74. The molecule has 6 heteroatoms. The van der Waals surface area contributed by atoms with Crippen LogP contribution in [0.1, 0.15) is 12.5 Å². The molecule has 6 nitrogen and oxygen atoms in total. The van der Waals surface area contributed by atoms with Crippen molar-refractivity contribution in [2.45, 2.75) is 13.8 Å². The number of amides is 2. The minimum absolute atomic E-state index is 0.0163. The maximum atomic E-state index is 12.5. The van der Waals surface area contributed by atoms with E-state index in [4.69, 9.17) is 0 Å². The molecule has 0 aromatic heterocycles. The Morgan fingerprint density at radius 2 is 1.64 bits per heavy atom. The first-order chi connectivity index (χ1) is 13.4. The summed E-state index contributed by atoms with van der Waals surface area (Å²) in [5.41, 5.74) is 3.62. The van der Waals surface area contributed by atoms with Gasteiger partial charge in [-0.2, -0.15) is 0 Å². The van der Waals surface area contributed by atoms with Crippen molar-refractivity contribution in [1.29, 1.82) is 0 Å². The molecule has 1 saturated heterocycles. The fourth-order valence-corrected chi connectivity index (χ4v) is 3.34. The fourth-order valence-electron chi connectivity index (χ4n) is 3.34. The zero-order chi connectivity index (χ0) is 20.1. The first-order valence-electron chi connectivity index (χ1n) is 9.61. The SMILES string of the molecule is CC(=O)N(CC(=O)Nc1ccccc1C)c1ccc(N2CCN(C)CC2)cc1. The van der Waals surface area contributed by atoms with E-state index < -0.39 is 0 Å². The summed E-state index contributed by atoms with van der Waals surface area (Å²) >= 11 is 0. The molecule has 0 radical (unpaired) electrons. The number of anilines is 3. The lowest BCUT2D eigenvalue weighted by Crippen LogP contribution is -2.44. The second kappa shape index (κ2) is 8.89. The van der Waals surface area contributed by atoms with Crippen molar-refractivity contribution < 1.29 is 9.59 Å². The second-order valence-corrected chi connectivity index (χ2v) is 7.27. The average molecular weight is 380 g/mol. The fraction of sp³-hybridized carbons (Fsp3) is 0.364. The largest absolute Gasteiger partial charge is 0.369 e. The van der Waals surface area contributed by atoms with Gasteiger partial charge in [0, 0.05) is 50.2 Å². The summed E-state index contributed by atoms with van der Waals surface area (Å²) in [5.74, 6) is -0.375. The van der Waals surface area contributed by atoms with E-state index in [-0.39, 0.29) is 18.4 Å². The van der Waals surface area contributed by atoms with Gasteiger partial charge in [0.25, 0.3) is 0 Å². The van der Waals surface area contributed by atoms with Gasteiger partial charge in [-0.15, -0.1) is 0 Å². The van der Waals surface area contributed by atoms with Gasteiger partial charge in [0.05, 0.1) is 0 Å². The molecular formula is C22H28N4O2. The molecular weight excluding hydrogens is 352 g/mol. The van der Waals surface area contributed by atoms with Gasteiger partial charge in [0.2, 0.25) is 11.8 Å². The number of nitrogens with one attached hydrogen (secondary N) is 1. The minimum atomic E-state index is -0.215. The molecule has 0 unspecified atom stereocenters. The van der Waals surface area contributed by atoms with Gasteiger partial charge >= 0.3 is 0 Å². The van der Waals surface area contributed by atoms with E-state index in [1.165, 1.54) is 11.8 Å². The highest BCUT2D eigenvalue weighted by Gasteiger charge is 2.18. The number of para-hydroxylation sites is 1. The first-order valence-corrected chi connectivity index (χ1v) is 9.61. The van der Waals surface area contributed by atoms with E-state index in [9.17, 15) is 9.59 Å². The summed E-state index contributed by atoms with van der Waals surface area (Å²) in [7, 11) is 2.13. The quantitative estimate of drug-likeness (QED) is 0.867. The minimum Gasteiger partial charge on any atom is -0.369 e. The first kappa shape index (κ1) is 19.9. The van der Waals surface area contributed by atoms with Gasteiger partial charge < -0.3 is 20.0 Å². The maximum absolute atomic E-state index is 12.5. The Labute approximate surface area is 166 Å². The number of hydrogen-bond acceptors (Lipinski definition) is 4. The molecule has 3 rings (SSSR count). The Balaban J connectivity index is 1.67. The van der Waals surface area contributed by atoms with E-state index in [0.29, 0.717) is 0 Å². The van der Waals surface area contributed by atoms with Gasteiger partial charge in [-0.1, -0.05) is 18.2 Å². The Morgan fingerprint density at radius 3 is 2.25 bits per heavy atom. The topological polar surface area (TPSA) is 55.9 Å². The Morgan fingerprint density at radius 1 is 1.00 bits per heavy atom. The van der Waals surface area contributed by atoms with Crippen LogP contribution in [-0.2, 0) is 9.59 Å². The summed E-state index contributed by atoms with van der Waals surface area (Å²) < 4.78 is 0. The average Bonchev–Trinajstić information content (AvgIpc) is 2.68. The number of rotatable bonds is 5. The predicted molar refractivity (Wildman–Crippen MR) is 114 cm³/mol. The smallest absolute Gasteiger partial charge is 0.244 e. The Hall–Kier alpha value is -2.86. The number of piperazine rings is 1. The lowest BCUT2D eigenvalue weighted by molar-refractivity contribution is -0.120. The molecule has 2 aromatic carbocycles. The summed E-state index contributed by atoms with van der Waals surface area (Å²) in [6.07, 6.45) is 0. The molecule has 0 atom stereocenters. The normalized spacial score (nSPS) is 14.6. The molecule has 28 heavy (non-hydrogen) atoms. The molecule has 1 fully saturated rings. The van der Waals surface area contributed by atoms with Crippen molar-refractivity contribution in [1.82, 2.24) is 4.90 Å². The molecule has 0 spiro atoms. The van der Waals surface area contributed by atoms with E-state index in [1.807, 2.05) is 55.5 Å². The summed E-state index contributed by atoms with van der Waals surface area (Å²) in [4.78, 5) is 30.8. The number of likely N-dealkylation sites (N-methyl/N-ethyl adjacent to an activating group) is 1. The zero-order valence-electron chi connectivity index (χ0n) is 16.8. The van der Waals surface area contributed by atoms with Crippen molar-refractivity contribution in [3.63, 3.8) is 0 Å². The molecule has 0 aliphatic carbocycles. The van der Waals surface area contributed by atoms with Crippen LogP contribution >= 0.6 is 0 Å². The van der Waals surface area contributed by atoms with Crippen LogP contribution in [0.5, 0.6) is 0 Å². The van der Waals surface area contributed by atoms with Crippen LogP contribution < -0.4 is 15.1 Å². The second-order valence-electron chi connectivity index (χ2n) is 7.27. The van der Waals surface area contributed by atoms with Gasteiger partial charge in [-0.05, 0) is 49.9 Å². The number of aryl methyl sites for hydroxylation is 1. The van der Waals surface area contributed by atoms with Crippen LogP contribution in [0.25, 0.3) is 0 Å². The highest BCUT2D eigenvalue weighted by atomic mass is 16.2. The van der Waals surface area contributed by atoms with Crippen molar-refractivity contribution in [3.8, 4) is 0 Å². The van der Waals surface area contributed by atoms with Crippen LogP contribution in [-0.4, -0.2) is 56.5 Å². The van der Waals surface area contributed by atoms with E-state index in [2.05, 4.69) is 22.2 Å².